The second-order valence-electron chi connectivity index (χ2n) is 5.80. The molecule has 1 saturated carbocycles. The van der Waals surface area contributed by atoms with Crippen molar-refractivity contribution in [3.05, 3.63) is 23.3 Å². The van der Waals surface area contributed by atoms with Crippen LogP contribution in [-0.2, 0) is 0 Å². The Balaban J connectivity index is 1.97. The first-order valence-electron chi connectivity index (χ1n) is 7.21. The van der Waals surface area contributed by atoms with Crippen LogP contribution in [0.15, 0.2) is 12.1 Å². The molecule has 4 nitrogen and oxygen atoms in total. The van der Waals surface area contributed by atoms with Gasteiger partial charge in [-0.15, -0.1) is 0 Å². The molecular weight excluding hydrogens is 238 g/mol. The average molecular weight is 261 g/mol. The van der Waals surface area contributed by atoms with Crippen molar-refractivity contribution in [2.45, 2.75) is 25.8 Å². The lowest BCUT2D eigenvalue weighted by Crippen LogP contribution is -2.45. The fourth-order valence-electron chi connectivity index (χ4n) is 3.19. The summed E-state index contributed by atoms with van der Waals surface area (Å²) in [6.07, 6.45) is 2.53. The Morgan fingerprint density at radius 2 is 2.00 bits per heavy atom. The second kappa shape index (κ2) is 5.02. The fraction of sp³-hybridized carbons (Fsp3) is 0.600. The average Bonchev–Trinajstić information content (AvgIpc) is 3.24. The van der Waals surface area contributed by atoms with Crippen LogP contribution in [0.4, 0.5) is 5.69 Å². The lowest BCUT2D eigenvalue weighted by Gasteiger charge is -2.36. The largest absolute Gasteiger partial charge is 0.505 e. The van der Waals surface area contributed by atoms with E-state index in [0.717, 1.165) is 37.3 Å². The second-order valence-corrected chi connectivity index (χ2v) is 5.80. The predicted octanol–water partition coefficient (Wildman–Crippen LogP) is 1.64. The number of nitrogen functional groups attached to an aromatic ring is 1. The molecule has 0 spiro atoms. The summed E-state index contributed by atoms with van der Waals surface area (Å²) in [5, 5.41) is 13.8. The first-order chi connectivity index (χ1) is 9.18. The minimum atomic E-state index is 0.301. The van der Waals surface area contributed by atoms with Gasteiger partial charge < -0.3 is 16.2 Å². The van der Waals surface area contributed by atoms with Gasteiger partial charge in [-0.05, 0) is 37.3 Å². The third-order valence-corrected chi connectivity index (χ3v) is 4.38. The molecule has 0 unspecified atom stereocenters. The highest BCUT2D eigenvalue weighted by Gasteiger charge is 2.39. The van der Waals surface area contributed by atoms with Gasteiger partial charge in [0.1, 0.15) is 5.75 Å². The van der Waals surface area contributed by atoms with Crippen LogP contribution in [0.2, 0.25) is 0 Å². The van der Waals surface area contributed by atoms with Gasteiger partial charge in [-0.2, -0.15) is 0 Å². The summed E-state index contributed by atoms with van der Waals surface area (Å²) in [6.45, 7) is 6.24. The Hall–Kier alpha value is -1.26. The Labute approximate surface area is 114 Å². The zero-order chi connectivity index (χ0) is 13.4. The number of nitrogens with two attached hydrogens (primary N) is 1. The van der Waals surface area contributed by atoms with Crippen molar-refractivity contribution < 1.29 is 5.11 Å². The Morgan fingerprint density at radius 3 is 2.63 bits per heavy atom. The van der Waals surface area contributed by atoms with Gasteiger partial charge in [0.25, 0.3) is 0 Å². The smallest absolute Gasteiger partial charge is 0.143 e. The molecule has 0 amide bonds. The highest BCUT2D eigenvalue weighted by molar-refractivity contribution is 5.59. The number of hydrogen-bond acceptors (Lipinski definition) is 4. The number of aryl methyl sites for hydroxylation is 1. The van der Waals surface area contributed by atoms with Crippen LogP contribution in [0.1, 0.15) is 30.0 Å². The topological polar surface area (TPSA) is 61.5 Å². The van der Waals surface area contributed by atoms with Crippen LogP contribution in [0, 0.1) is 12.8 Å². The number of piperazine rings is 1. The quantitative estimate of drug-likeness (QED) is 0.572. The lowest BCUT2D eigenvalue weighted by atomic mass is 9.94. The lowest BCUT2D eigenvalue weighted by molar-refractivity contribution is 0.153. The molecule has 0 bridgehead atoms. The van der Waals surface area contributed by atoms with E-state index in [1.54, 1.807) is 6.07 Å². The molecule has 0 aromatic heterocycles. The zero-order valence-corrected chi connectivity index (χ0v) is 11.5. The van der Waals surface area contributed by atoms with Gasteiger partial charge in [-0.3, -0.25) is 4.90 Å². The highest BCUT2D eigenvalue weighted by atomic mass is 16.3. The maximum atomic E-state index is 10.4. The minimum absolute atomic E-state index is 0.301. The summed E-state index contributed by atoms with van der Waals surface area (Å²) in [4.78, 5) is 2.51. The maximum absolute atomic E-state index is 10.4. The number of nitrogens with one attached hydrogen (secondary N) is 1. The molecule has 4 heteroatoms. The standard InChI is InChI=1S/C15H23N3O/c1-10-2-5-12(16)15(19)13(10)14(11-3-4-11)18-8-6-17-7-9-18/h2,5,11,14,17,19H,3-4,6-9,16H2,1H3/t14-/m1/s1. The zero-order valence-electron chi connectivity index (χ0n) is 11.5. The number of phenolic OH excluding ortho intramolecular Hbond substituents is 1. The molecule has 1 aromatic carbocycles. The van der Waals surface area contributed by atoms with Crippen LogP contribution < -0.4 is 11.1 Å². The van der Waals surface area contributed by atoms with E-state index in [2.05, 4.69) is 17.1 Å². The first kappa shape index (κ1) is 12.8. The van der Waals surface area contributed by atoms with E-state index in [4.69, 9.17) is 5.73 Å². The van der Waals surface area contributed by atoms with E-state index < -0.39 is 0 Å². The SMILES string of the molecule is Cc1ccc(N)c(O)c1[C@@H](C1CC1)N1CCNCC1. The number of hydrogen-bond donors (Lipinski definition) is 3. The van der Waals surface area contributed by atoms with Crippen molar-refractivity contribution in [1.29, 1.82) is 0 Å². The third-order valence-electron chi connectivity index (χ3n) is 4.38. The molecule has 1 atom stereocenters. The fourth-order valence-corrected chi connectivity index (χ4v) is 3.19. The molecule has 2 fully saturated rings. The number of benzene rings is 1. The molecule has 1 aliphatic carbocycles. The van der Waals surface area contributed by atoms with Crippen molar-refractivity contribution >= 4 is 5.69 Å². The van der Waals surface area contributed by atoms with E-state index >= 15 is 0 Å². The maximum Gasteiger partial charge on any atom is 0.143 e. The summed E-state index contributed by atoms with van der Waals surface area (Å²) in [7, 11) is 0. The van der Waals surface area contributed by atoms with Gasteiger partial charge in [0.15, 0.2) is 0 Å². The van der Waals surface area contributed by atoms with E-state index in [1.807, 2.05) is 6.07 Å². The molecular formula is C15H23N3O. The molecule has 1 saturated heterocycles. The Morgan fingerprint density at radius 1 is 1.32 bits per heavy atom. The van der Waals surface area contributed by atoms with Crippen LogP contribution >= 0.6 is 0 Å². The minimum Gasteiger partial charge on any atom is -0.505 e. The van der Waals surface area contributed by atoms with Gasteiger partial charge in [0.05, 0.1) is 5.69 Å². The van der Waals surface area contributed by atoms with Crippen LogP contribution in [-0.4, -0.2) is 36.2 Å². The van der Waals surface area contributed by atoms with Crippen molar-refractivity contribution in [1.82, 2.24) is 10.2 Å². The number of phenols is 1. The monoisotopic (exact) mass is 261 g/mol. The number of nitrogens with zero attached hydrogens (tertiary/aromatic N) is 1. The summed E-state index contributed by atoms with van der Waals surface area (Å²) in [6, 6.07) is 4.17. The van der Waals surface area contributed by atoms with Gasteiger partial charge in [-0.25, -0.2) is 0 Å². The van der Waals surface area contributed by atoms with Gasteiger partial charge >= 0.3 is 0 Å². The number of anilines is 1. The van der Waals surface area contributed by atoms with Gasteiger partial charge in [0, 0.05) is 37.8 Å². The molecule has 1 aromatic rings. The molecule has 1 heterocycles. The summed E-state index contributed by atoms with van der Waals surface area (Å²) >= 11 is 0. The van der Waals surface area contributed by atoms with Crippen molar-refractivity contribution in [2.24, 2.45) is 5.92 Å². The van der Waals surface area contributed by atoms with Crippen LogP contribution in [0.3, 0.4) is 0 Å². The number of aromatic hydroxyl groups is 1. The van der Waals surface area contributed by atoms with Crippen LogP contribution in [0.25, 0.3) is 0 Å². The van der Waals surface area contributed by atoms with Crippen molar-refractivity contribution in [3.63, 3.8) is 0 Å². The predicted molar refractivity (Wildman–Crippen MR) is 77.2 cm³/mol. The molecule has 2 aliphatic rings. The molecule has 104 valence electrons. The van der Waals surface area contributed by atoms with Crippen LogP contribution in [0.5, 0.6) is 5.75 Å². The van der Waals surface area contributed by atoms with E-state index in [0.29, 0.717) is 23.4 Å². The number of rotatable bonds is 3. The first-order valence-corrected chi connectivity index (χ1v) is 7.21. The Kier molecular flexibility index (Phi) is 3.37. The van der Waals surface area contributed by atoms with Gasteiger partial charge in [-0.1, -0.05) is 6.07 Å². The summed E-state index contributed by atoms with van der Waals surface area (Å²) in [5.41, 5.74) is 8.61. The molecule has 1 aliphatic heterocycles. The molecule has 19 heavy (non-hydrogen) atoms. The normalized spacial score (nSPS) is 22.4. The van der Waals surface area contributed by atoms with Crippen molar-refractivity contribution in [2.75, 3.05) is 31.9 Å². The van der Waals surface area contributed by atoms with Crippen molar-refractivity contribution in [3.8, 4) is 5.75 Å². The van der Waals surface area contributed by atoms with E-state index in [-0.39, 0.29) is 0 Å². The summed E-state index contributed by atoms with van der Waals surface area (Å²) < 4.78 is 0. The molecule has 4 N–H and O–H groups in total. The van der Waals surface area contributed by atoms with E-state index in [1.165, 1.54) is 12.8 Å². The highest BCUT2D eigenvalue weighted by Crippen LogP contribution is 2.48. The van der Waals surface area contributed by atoms with Gasteiger partial charge in [0.2, 0.25) is 0 Å². The third kappa shape index (κ3) is 2.42. The summed E-state index contributed by atoms with van der Waals surface area (Å²) in [5.74, 6) is 0.986. The molecule has 3 rings (SSSR count). The molecule has 0 radical (unpaired) electrons. The Bertz CT molecular complexity index is 465. The van der Waals surface area contributed by atoms with E-state index in [9.17, 15) is 5.11 Å².